The van der Waals surface area contributed by atoms with Gasteiger partial charge in [-0.2, -0.15) is 0 Å². The summed E-state index contributed by atoms with van der Waals surface area (Å²) in [5.41, 5.74) is 0. The van der Waals surface area contributed by atoms with Crippen LogP contribution in [0, 0.1) is 0 Å². The smallest absolute Gasteiger partial charge is 0.219 e. The van der Waals surface area contributed by atoms with Crippen molar-refractivity contribution < 1.29 is 4.21 Å². The molecule has 11 heavy (non-hydrogen) atoms. The lowest BCUT2D eigenvalue weighted by molar-refractivity contribution is 0.679. The summed E-state index contributed by atoms with van der Waals surface area (Å²) in [6, 6.07) is 0. The Kier molecular flexibility index (Phi) is 2.81. The molecule has 0 N–H and O–H groups in total. The fourth-order valence-corrected chi connectivity index (χ4v) is 1.16. The Morgan fingerprint density at radius 3 is 2.64 bits per heavy atom. The number of aromatic nitrogens is 2. The van der Waals surface area contributed by atoms with Crippen molar-refractivity contribution in [2.24, 2.45) is 0 Å². The van der Waals surface area contributed by atoms with Crippen molar-refractivity contribution in [3.8, 4) is 0 Å². The van der Waals surface area contributed by atoms with Gasteiger partial charge in [-0.1, -0.05) is 23.2 Å². The molecule has 1 heterocycles. The number of hydrogen-bond acceptors (Lipinski definition) is 3. The van der Waals surface area contributed by atoms with Crippen molar-refractivity contribution in [3.63, 3.8) is 0 Å². The highest BCUT2D eigenvalue weighted by atomic mass is 35.5. The molecule has 1 aromatic heterocycles. The molecule has 0 aromatic carbocycles. The van der Waals surface area contributed by atoms with Crippen LogP contribution < -0.4 is 0 Å². The minimum Gasteiger partial charge on any atom is -0.251 e. The highest BCUT2D eigenvalue weighted by molar-refractivity contribution is 7.84. The summed E-state index contributed by atoms with van der Waals surface area (Å²) >= 11 is 11.1. The maximum Gasteiger partial charge on any atom is 0.219 e. The van der Waals surface area contributed by atoms with Crippen molar-refractivity contribution in [3.05, 3.63) is 16.4 Å². The van der Waals surface area contributed by atoms with Crippen LogP contribution in [0.3, 0.4) is 0 Å². The Balaban J connectivity index is 3.15. The van der Waals surface area contributed by atoms with Gasteiger partial charge in [0.2, 0.25) is 5.16 Å². The Bertz CT molecular complexity index is 305. The minimum absolute atomic E-state index is 0.131. The molecule has 0 aliphatic rings. The lowest BCUT2D eigenvalue weighted by Crippen LogP contribution is -1.96. The summed E-state index contributed by atoms with van der Waals surface area (Å²) in [6.07, 6.45) is 2.80. The van der Waals surface area contributed by atoms with Gasteiger partial charge in [-0.25, -0.2) is 9.97 Å². The van der Waals surface area contributed by atoms with Gasteiger partial charge in [0.05, 0.1) is 22.0 Å². The van der Waals surface area contributed by atoms with E-state index in [4.69, 9.17) is 23.2 Å². The average molecular weight is 211 g/mol. The van der Waals surface area contributed by atoms with Crippen LogP contribution in [0.4, 0.5) is 0 Å². The normalized spacial score (nSPS) is 13.0. The number of halogens is 2. The number of rotatable bonds is 1. The molecule has 0 fully saturated rings. The third-order valence-corrected chi connectivity index (χ3v) is 2.31. The van der Waals surface area contributed by atoms with E-state index in [0.717, 1.165) is 0 Å². The number of hydrogen-bond donors (Lipinski definition) is 0. The predicted molar refractivity (Wildman–Crippen MR) is 44.4 cm³/mol. The first-order valence-corrected chi connectivity index (χ1v) is 4.94. The van der Waals surface area contributed by atoms with Crippen molar-refractivity contribution in [1.29, 1.82) is 0 Å². The van der Waals surface area contributed by atoms with Crippen LogP contribution in [0.25, 0.3) is 0 Å². The molecule has 60 valence electrons. The summed E-state index contributed by atoms with van der Waals surface area (Å²) in [5.74, 6) is 0. The van der Waals surface area contributed by atoms with Gasteiger partial charge in [0, 0.05) is 6.26 Å². The monoisotopic (exact) mass is 210 g/mol. The lowest BCUT2D eigenvalue weighted by atomic mass is 10.7. The van der Waals surface area contributed by atoms with Crippen LogP contribution in [0.15, 0.2) is 11.4 Å². The van der Waals surface area contributed by atoms with E-state index in [2.05, 4.69) is 9.97 Å². The molecule has 0 spiro atoms. The molecule has 0 radical (unpaired) electrons. The molecule has 3 nitrogen and oxygen atoms in total. The molecule has 0 aliphatic carbocycles. The molecule has 0 aliphatic heterocycles. The number of nitrogens with zero attached hydrogens (tertiary/aromatic N) is 2. The van der Waals surface area contributed by atoms with Crippen molar-refractivity contribution >= 4 is 34.0 Å². The van der Waals surface area contributed by atoms with E-state index in [1.165, 1.54) is 12.5 Å². The fraction of sp³-hybridized carbons (Fsp3) is 0.200. The molecule has 1 atom stereocenters. The van der Waals surface area contributed by atoms with Crippen molar-refractivity contribution in [1.82, 2.24) is 9.97 Å². The SMILES string of the molecule is CS(=O)c1ncc(Cl)c(Cl)n1. The molecule has 0 bridgehead atoms. The van der Waals surface area contributed by atoms with Gasteiger partial charge in [-0.05, 0) is 0 Å². The standard InChI is InChI=1S/C5H4Cl2N2OS/c1-11(10)5-8-2-3(6)4(7)9-5/h2H,1H3. The fourth-order valence-electron chi connectivity index (χ4n) is 0.470. The Morgan fingerprint density at radius 2 is 2.18 bits per heavy atom. The zero-order valence-electron chi connectivity index (χ0n) is 5.54. The molecule has 0 saturated carbocycles. The molecule has 1 aromatic rings. The van der Waals surface area contributed by atoms with Crippen molar-refractivity contribution in [2.75, 3.05) is 6.26 Å². The van der Waals surface area contributed by atoms with Gasteiger partial charge in [0.1, 0.15) is 0 Å². The van der Waals surface area contributed by atoms with E-state index in [1.807, 2.05) is 0 Å². The van der Waals surface area contributed by atoms with Gasteiger partial charge < -0.3 is 0 Å². The van der Waals surface area contributed by atoms with Gasteiger partial charge >= 0.3 is 0 Å². The summed E-state index contributed by atoms with van der Waals surface area (Å²) in [6.45, 7) is 0. The van der Waals surface area contributed by atoms with Gasteiger partial charge in [-0.3, -0.25) is 4.21 Å². The Hall–Kier alpha value is -0.190. The molecular weight excluding hydrogens is 207 g/mol. The Morgan fingerprint density at radius 1 is 1.55 bits per heavy atom. The molecule has 0 amide bonds. The summed E-state index contributed by atoms with van der Waals surface area (Å²) in [7, 11) is -1.21. The zero-order chi connectivity index (χ0) is 8.43. The highest BCUT2D eigenvalue weighted by Gasteiger charge is 2.04. The largest absolute Gasteiger partial charge is 0.251 e. The quantitative estimate of drug-likeness (QED) is 0.522. The maximum atomic E-state index is 10.8. The minimum atomic E-state index is -1.21. The van der Waals surface area contributed by atoms with Gasteiger partial charge in [-0.15, -0.1) is 0 Å². The van der Waals surface area contributed by atoms with E-state index in [0.29, 0.717) is 0 Å². The van der Waals surface area contributed by atoms with Crippen LogP contribution >= 0.6 is 23.2 Å². The van der Waals surface area contributed by atoms with E-state index in [1.54, 1.807) is 0 Å². The van der Waals surface area contributed by atoms with Gasteiger partial charge in [0.15, 0.2) is 5.15 Å². The second-order valence-electron chi connectivity index (χ2n) is 1.75. The van der Waals surface area contributed by atoms with E-state index in [-0.39, 0.29) is 15.3 Å². The van der Waals surface area contributed by atoms with Crippen LogP contribution in [-0.2, 0) is 10.8 Å². The zero-order valence-corrected chi connectivity index (χ0v) is 7.87. The summed E-state index contributed by atoms with van der Waals surface area (Å²) < 4.78 is 10.8. The summed E-state index contributed by atoms with van der Waals surface area (Å²) in [4.78, 5) is 7.41. The predicted octanol–water partition coefficient (Wildman–Crippen LogP) is 1.52. The van der Waals surface area contributed by atoms with E-state index in [9.17, 15) is 4.21 Å². The second-order valence-corrected chi connectivity index (χ2v) is 3.78. The third-order valence-electron chi connectivity index (χ3n) is 0.936. The summed E-state index contributed by atoms with van der Waals surface area (Å²) in [5, 5.41) is 0.590. The second kappa shape index (κ2) is 3.47. The third kappa shape index (κ3) is 2.12. The topological polar surface area (TPSA) is 42.9 Å². The average Bonchev–Trinajstić information content (AvgIpc) is 1.94. The van der Waals surface area contributed by atoms with Crippen LogP contribution in [0.1, 0.15) is 0 Å². The van der Waals surface area contributed by atoms with Crippen molar-refractivity contribution in [2.45, 2.75) is 5.16 Å². The van der Waals surface area contributed by atoms with Crippen LogP contribution in [0.2, 0.25) is 10.2 Å². The first-order chi connectivity index (χ1) is 5.11. The van der Waals surface area contributed by atoms with Crippen LogP contribution in [-0.4, -0.2) is 20.4 Å². The van der Waals surface area contributed by atoms with E-state index < -0.39 is 10.8 Å². The highest BCUT2D eigenvalue weighted by Crippen LogP contribution is 2.17. The lowest BCUT2D eigenvalue weighted by Gasteiger charge is -1.95. The Labute approximate surface area is 76.2 Å². The maximum absolute atomic E-state index is 10.8. The molecular formula is C5H4Cl2N2OS. The molecule has 1 unspecified atom stereocenters. The van der Waals surface area contributed by atoms with Crippen LogP contribution in [0.5, 0.6) is 0 Å². The van der Waals surface area contributed by atoms with Gasteiger partial charge in [0.25, 0.3) is 0 Å². The molecule has 6 heteroatoms. The molecule has 0 saturated heterocycles. The first kappa shape index (κ1) is 8.90. The first-order valence-electron chi connectivity index (χ1n) is 2.62. The molecule has 1 rings (SSSR count). The van der Waals surface area contributed by atoms with E-state index >= 15 is 0 Å².